The number of nitrogens with zero attached hydrogens (tertiary/aromatic N) is 1. The molecule has 126 valence electrons. The van der Waals surface area contributed by atoms with Crippen LogP contribution >= 0.6 is 15.9 Å². The fourth-order valence-electron chi connectivity index (χ4n) is 2.36. The molecular weight excluding hydrogens is 372 g/mol. The van der Waals surface area contributed by atoms with Crippen LogP contribution in [0.3, 0.4) is 0 Å². The fourth-order valence-corrected chi connectivity index (χ4v) is 2.76. The Labute approximate surface area is 149 Å². The Morgan fingerprint density at radius 1 is 1.12 bits per heavy atom. The molecule has 0 saturated carbocycles. The molecule has 0 radical (unpaired) electrons. The van der Waals surface area contributed by atoms with Gasteiger partial charge in [-0.1, -0.05) is 24.3 Å². The molecule has 0 aliphatic carbocycles. The number of amides is 1. The van der Waals surface area contributed by atoms with Gasteiger partial charge in [-0.25, -0.2) is 5.01 Å². The summed E-state index contributed by atoms with van der Waals surface area (Å²) in [5.74, 6) is 0.696. The van der Waals surface area contributed by atoms with Gasteiger partial charge in [0.1, 0.15) is 12.4 Å². The highest BCUT2D eigenvalue weighted by molar-refractivity contribution is 9.10. The van der Waals surface area contributed by atoms with E-state index in [4.69, 9.17) is 9.47 Å². The van der Waals surface area contributed by atoms with Crippen molar-refractivity contribution in [2.75, 3.05) is 26.3 Å². The van der Waals surface area contributed by atoms with Crippen LogP contribution in [0.1, 0.15) is 15.9 Å². The zero-order chi connectivity index (χ0) is 16.8. The Bertz CT molecular complexity index is 685. The van der Waals surface area contributed by atoms with Gasteiger partial charge in [-0.2, -0.15) is 0 Å². The van der Waals surface area contributed by atoms with Gasteiger partial charge in [0.05, 0.1) is 17.7 Å². The lowest BCUT2D eigenvalue weighted by Crippen LogP contribution is -2.48. The van der Waals surface area contributed by atoms with Crippen molar-refractivity contribution in [2.45, 2.75) is 6.61 Å². The van der Waals surface area contributed by atoms with E-state index in [2.05, 4.69) is 21.4 Å². The van der Waals surface area contributed by atoms with Crippen molar-refractivity contribution in [1.29, 1.82) is 0 Å². The maximum atomic E-state index is 12.2. The molecule has 3 rings (SSSR count). The summed E-state index contributed by atoms with van der Waals surface area (Å²) in [4.78, 5) is 12.2. The number of hydrogen-bond acceptors (Lipinski definition) is 4. The number of hydrogen-bond donors (Lipinski definition) is 1. The number of benzene rings is 2. The summed E-state index contributed by atoms with van der Waals surface area (Å²) in [5, 5.41) is 1.88. The number of rotatable bonds is 5. The van der Waals surface area contributed by atoms with Crippen LogP contribution in [0.15, 0.2) is 53.0 Å². The molecule has 1 fully saturated rings. The van der Waals surface area contributed by atoms with Crippen LogP contribution < -0.4 is 10.2 Å². The average Bonchev–Trinajstić information content (AvgIpc) is 2.62. The van der Waals surface area contributed by atoms with E-state index in [0.29, 0.717) is 38.5 Å². The fraction of sp³-hybridized carbons (Fsp3) is 0.278. The summed E-state index contributed by atoms with van der Waals surface area (Å²) in [7, 11) is 0. The predicted molar refractivity (Wildman–Crippen MR) is 94.8 cm³/mol. The van der Waals surface area contributed by atoms with E-state index in [0.717, 1.165) is 15.8 Å². The number of morpholine rings is 1. The largest absolute Gasteiger partial charge is 0.488 e. The Morgan fingerprint density at radius 2 is 1.83 bits per heavy atom. The molecule has 1 N–H and O–H groups in total. The van der Waals surface area contributed by atoms with Crippen LogP contribution in [0.4, 0.5) is 0 Å². The number of carbonyl (C=O) groups excluding carboxylic acids is 1. The highest BCUT2D eigenvalue weighted by atomic mass is 79.9. The van der Waals surface area contributed by atoms with Crippen molar-refractivity contribution in [3.8, 4) is 5.75 Å². The van der Waals surface area contributed by atoms with Gasteiger partial charge in [0, 0.05) is 18.7 Å². The van der Waals surface area contributed by atoms with Crippen molar-refractivity contribution >= 4 is 21.8 Å². The quantitative estimate of drug-likeness (QED) is 0.852. The van der Waals surface area contributed by atoms with E-state index in [1.807, 2.05) is 53.5 Å². The Hall–Kier alpha value is -1.89. The van der Waals surface area contributed by atoms with Crippen LogP contribution in [-0.2, 0) is 11.3 Å². The second-order valence-corrected chi connectivity index (χ2v) is 6.31. The topological polar surface area (TPSA) is 50.8 Å². The average molecular weight is 391 g/mol. The van der Waals surface area contributed by atoms with E-state index < -0.39 is 0 Å². The number of carbonyl (C=O) groups is 1. The molecule has 1 saturated heterocycles. The van der Waals surface area contributed by atoms with E-state index in [1.54, 1.807) is 0 Å². The van der Waals surface area contributed by atoms with Gasteiger partial charge >= 0.3 is 0 Å². The molecule has 0 aromatic heterocycles. The third kappa shape index (κ3) is 4.56. The summed E-state index contributed by atoms with van der Waals surface area (Å²) < 4.78 is 12.0. The summed E-state index contributed by atoms with van der Waals surface area (Å²) in [6, 6.07) is 15.2. The first-order valence-corrected chi connectivity index (χ1v) is 8.61. The molecule has 0 atom stereocenters. The molecule has 1 aliphatic rings. The third-order valence-corrected chi connectivity index (χ3v) is 4.37. The monoisotopic (exact) mass is 390 g/mol. The van der Waals surface area contributed by atoms with Crippen molar-refractivity contribution < 1.29 is 14.3 Å². The van der Waals surface area contributed by atoms with Gasteiger partial charge in [0.15, 0.2) is 0 Å². The Kier molecular flexibility index (Phi) is 5.85. The summed E-state index contributed by atoms with van der Waals surface area (Å²) in [6.07, 6.45) is 0. The number of halogens is 1. The lowest BCUT2D eigenvalue weighted by atomic mass is 10.1. The molecule has 0 bridgehead atoms. The molecule has 2 aromatic carbocycles. The van der Waals surface area contributed by atoms with Gasteiger partial charge in [0.2, 0.25) is 0 Å². The standard InChI is InChI=1S/C18H19BrN2O3/c19-16-3-1-2-4-17(16)24-13-14-5-7-15(8-6-14)18(22)20-21-9-11-23-12-10-21/h1-8H,9-13H2,(H,20,22). The van der Waals surface area contributed by atoms with E-state index in [9.17, 15) is 4.79 Å². The Morgan fingerprint density at radius 3 is 2.54 bits per heavy atom. The van der Waals surface area contributed by atoms with Gasteiger partial charge < -0.3 is 9.47 Å². The minimum absolute atomic E-state index is 0.102. The molecule has 1 aliphatic heterocycles. The molecule has 5 nitrogen and oxygen atoms in total. The zero-order valence-electron chi connectivity index (χ0n) is 13.2. The van der Waals surface area contributed by atoms with Crippen molar-refractivity contribution in [3.63, 3.8) is 0 Å². The lowest BCUT2D eigenvalue weighted by Gasteiger charge is -2.26. The highest BCUT2D eigenvalue weighted by Gasteiger charge is 2.14. The summed E-state index contributed by atoms with van der Waals surface area (Å²) in [6.45, 7) is 3.17. The van der Waals surface area contributed by atoms with Crippen LogP contribution in [0, 0.1) is 0 Å². The van der Waals surface area contributed by atoms with E-state index >= 15 is 0 Å². The van der Waals surface area contributed by atoms with E-state index in [1.165, 1.54) is 0 Å². The molecule has 1 heterocycles. The van der Waals surface area contributed by atoms with Crippen molar-refractivity contribution in [2.24, 2.45) is 0 Å². The first-order chi connectivity index (χ1) is 11.7. The van der Waals surface area contributed by atoms with Crippen LogP contribution in [0.25, 0.3) is 0 Å². The smallest absolute Gasteiger partial charge is 0.265 e. The van der Waals surface area contributed by atoms with Gasteiger partial charge in [0.25, 0.3) is 5.91 Å². The predicted octanol–water partition coefficient (Wildman–Crippen LogP) is 3.01. The molecule has 2 aromatic rings. The first-order valence-electron chi connectivity index (χ1n) is 7.82. The second-order valence-electron chi connectivity index (χ2n) is 5.46. The SMILES string of the molecule is O=C(NN1CCOCC1)c1ccc(COc2ccccc2Br)cc1. The number of para-hydroxylation sites is 1. The maximum Gasteiger partial charge on any atom is 0.265 e. The Balaban J connectivity index is 1.54. The summed E-state index contributed by atoms with van der Waals surface area (Å²) in [5.41, 5.74) is 4.54. The molecule has 1 amide bonds. The number of nitrogens with one attached hydrogen (secondary N) is 1. The maximum absolute atomic E-state index is 12.2. The van der Waals surface area contributed by atoms with Crippen LogP contribution in [0.5, 0.6) is 5.75 Å². The normalized spacial score (nSPS) is 15.0. The van der Waals surface area contributed by atoms with Gasteiger partial charge in [-0.05, 0) is 45.8 Å². The van der Waals surface area contributed by atoms with Crippen molar-refractivity contribution in [1.82, 2.24) is 10.4 Å². The van der Waals surface area contributed by atoms with Gasteiger partial charge in [-0.15, -0.1) is 0 Å². The number of ether oxygens (including phenoxy) is 2. The zero-order valence-corrected chi connectivity index (χ0v) is 14.8. The van der Waals surface area contributed by atoms with Crippen molar-refractivity contribution in [3.05, 3.63) is 64.1 Å². The van der Waals surface area contributed by atoms with Crippen LogP contribution in [0.2, 0.25) is 0 Å². The molecule has 6 heteroatoms. The molecule has 0 spiro atoms. The minimum atomic E-state index is -0.102. The third-order valence-electron chi connectivity index (χ3n) is 3.72. The van der Waals surface area contributed by atoms with E-state index in [-0.39, 0.29) is 5.91 Å². The number of hydrazine groups is 1. The molecule has 0 unspecified atom stereocenters. The van der Waals surface area contributed by atoms with Crippen LogP contribution in [-0.4, -0.2) is 37.2 Å². The molecule has 24 heavy (non-hydrogen) atoms. The highest BCUT2D eigenvalue weighted by Crippen LogP contribution is 2.24. The second kappa shape index (κ2) is 8.28. The molecular formula is C18H19BrN2O3. The first kappa shape index (κ1) is 17.0. The minimum Gasteiger partial charge on any atom is -0.488 e. The summed E-state index contributed by atoms with van der Waals surface area (Å²) >= 11 is 3.46. The van der Waals surface area contributed by atoms with Gasteiger partial charge in [-0.3, -0.25) is 10.2 Å². The lowest BCUT2D eigenvalue weighted by molar-refractivity contribution is 0.0126.